The molecule has 36 heavy (non-hydrogen) atoms. The van der Waals surface area contributed by atoms with E-state index in [9.17, 15) is 0 Å². The first-order valence-corrected chi connectivity index (χ1v) is 12.7. The summed E-state index contributed by atoms with van der Waals surface area (Å²) < 4.78 is 9.61. The van der Waals surface area contributed by atoms with Crippen LogP contribution in [0, 0.1) is 0 Å². The molecular weight excluding hydrogens is 454 g/mol. The van der Waals surface area contributed by atoms with Gasteiger partial charge >= 0.3 is 0 Å². The Hall–Kier alpha value is -3.50. The molecule has 0 radical (unpaired) electrons. The number of aromatic nitrogens is 6. The summed E-state index contributed by atoms with van der Waals surface area (Å²) in [6.07, 6.45) is 7.54. The second-order valence-electron chi connectivity index (χ2n) is 9.96. The Morgan fingerprint density at radius 1 is 1.06 bits per heavy atom. The molecule has 2 aliphatic rings. The molecule has 2 N–H and O–H groups in total. The van der Waals surface area contributed by atoms with Crippen molar-refractivity contribution >= 4 is 22.5 Å². The van der Waals surface area contributed by atoms with Gasteiger partial charge in [0.2, 0.25) is 0 Å². The highest BCUT2D eigenvalue weighted by Gasteiger charge is 2.25. The Morgan fingerprint density at radius 2 is 1.89 bits per heavy atom. The van der Waals surface area contributed by atoms with Crippen molar-refractivity contribution in [2.24, 2.45) is 7.05 Å². The van der Waals surface area contributed by atoms with Crippen molar-refractivity contribution in [1.29, 1.82) is 0 Å². The molecule has 0 aliphatic carbocycles. The lowest BCUT2D eigenvalue weighted by Gasteiger charge is -2.39. The van der Waals surface area contributed by atoms with Crippen LogP contribution in [0.25, 0.3) is 33.8 Å². The van der Waals surface area contributed by atoms with E-state index in [0.717, 1.165) is 68.0 Å². The number of likely N-dealkylation sites (N-methyl/N-ethyl adjacent to an activating group) is 1. The normalized spacial score (nSPS) is 19.9. The third-order valence-corrected chi connectivity index (χ3v) is 7.65. The Bertz CT molecular complexity index is 1390. The fourth-order valence-corrected chi connectivity index (χ4v) is 5.30. The minimum Gasteiger partial charge on any atom is -0.382 e. The molecule has 188 valence electrons. The lowest BCUT2D eigenvalue weighted by atomic mass is 10.1. The molecule has 10 heteroatoms. The molecule has 0 saturated carbocycles. The maximum atomic E-state index is 6.35. The predicted octanol–water partition coefficient (Wildman–Crippen LogP) is 2.97. The Kier molecular flexibility index (Phi) is 5.85. The van der Waals surface area contributed by atoms with Crippen LogP contribution in [0.2, 0.25) is 0 Å². The van der Waals surface area contributed by atoms with Gasteiger partial charge in [0.05, 0.1) is 40.9 Å². The largest absolute Gasteiger partial charge is 0.382 e. The Morgan fingerprint density at radius 3 is 2.69 bits per heavy atom. The van der Waals surface area contributed by atoms with Gasteiger partial charge in [-0.3, -0.25) is 4.68 Å². The number of para-hydroxylation sites is 1. The quantitative estimate of drug-likeness (QED) is 0.469. The number of nitrogens with two attached hydrogens (primary N) is 1. The first-order chi connectivity index (χ1) is 17.5. The van der Waals surface area contributed by atoms with Crippen LogP contribution in [-0.2, 0) is 11.8 Å². The molecule has 3 aromatic heterocycles. The molecule has 1 atom stereocenters. The lowest BCUT2D eigenvalue weighted by molar-refractivity contribution is 0.0662. The zero-order valence-electron chi connectivity index (χ0n) is 21.1. The van der Waals surface area contributed by atoms with E-state index < -0.39 is 0 Å². The van der Waals surface area contributed by atoms with Crippen LogP contribution in [-0.4, -0.2) is 80.1 Å². The minimum atomic E-state index is 0.351. The van der Waals surface area contributed by atoms with E-state index in [1.807, 2.05) is 30.2 Å². The summed E-state index contributed by atoms with van der Waals surface area (Å²) >= 11 is 0. The monoisotopic (exact) mass is 487 g/mol. The van der Waals surface area contributed by atoms with E-state index in [-0.39, 0.29) is 0 Å². The number of hydrogen-bond donors (Lipinski definition) is 1. The van der Waals surface area contributed by atoms with Crippen molar-refractivity contribution in [3.63, 3.8) is 0 Å². The number of benzene rings is 1. The van der Waals surface area contributed by atoms with E-state index in [0.29, 0.717) is 29.4 Å². The van der Waals surface area contributed by atoms with Gasteiger partial charge in [-0.25, -0.2) is 15.0 Å². The molecule has 6 rings (SSSR count). The van der Waals surface area contributed by atoms with Crippen molar-refractivity contribution in [2.75, 3.05) is 50.5 Å². The average molecular weight is 488 g/mol. The summed E-state index contributed by atoms with van der Waals surface area (Å²) in [5, 5.41) is 4.60. The van der Waals surface area contributed by atoms with Crippen molar-refractivity contribution < 1.29 is 4.74 Å². The van der Waals surface area contributed by atoms with Gasteiger partial charge in [-0.15, -0.1) is 0 Å². The molecule has 5 heterocycles. The number of nitrogens with zero attached hydrogens (tertiary/aromatic N) is 8. The van der Waals surface area contributed by atoms with Crippen molar-refractivity contribution in [1.82, 2.24) is 34.2 Å². The number of piperazine rings is 1. The molecular formula is C26H33N9O. The summed E-state index contributed by atoms with van der Waals surface area (Å²) in [7, 11) is 4.22. The maximum absolute atomic E-state index is 6.35. The summed E-state index contributed by atoms with van der Waals surface area (Å²) in [6.45, 7) is 6.80. The van der Waals surface area contributed by atoms with Gasteiger partial charge in [0.1, 0.15) is 5.69 Å². The summed E-state index contributed by atoms with van der Waals surface area (Å²) in [5.74, 6) is 1.08. The van der Waals surface area contributed by atoms with Crippen molar-refractivity contribution in [3.05, 3.63) is 36.8 Å². The van der Waals surface area contributed by atoms with Gasteiger partial charge in [-0.05, 0) is 38.9 Å². The van der Waals surface area contributed by atoms with Crippen LogP contribution < -0.4 is 10.6 Å². The third kappa shape index (κ3) is 4.00. The van der Waals surface area contributed by atoms with Crippen LogP contribution in [0.4, 0.5) is 11.5 Å². The number of aryl methyl sites for hydroxylation is 1. The number of rotatable bonds is 4. The SMILES string of the molecule is C[C@H]1CN(c2cccc3nc(-c4nc(-c5cnn(C6CCOCC6)c5)cnc4N)n(C)c23)CCN1C. The topological polar surface area (TPSA) is 103 Å². The van der Waals surface area contributed by atoms with Crippen LogP contribution in [0.5, 0.6) is 0 Å². The fraction of sp³-hybridized carbons (Fsp3) is 0.462. The highest BCUT2D eigenvalue weighted by Crippen LogP contribution is 2.33. The highest BCUT2D eigenvalue weighted by molar-refractivity contribution is 5.92. The van der Waals surface area contributed by atoms with E-state index in [1.54, 1.807) is 6.20 Å². The second-order valence-corrected chi connectivity index (χ2v) is 9.96. The minimum absolute atomic E-state index is 0.351. The van der Waals surface area contributed by atoms with Crippen LogP contribution in [0.15, 0.2) is 36.8 Å². The van der Waals surface area contributed by atoms with E-state index >= 15 is 0 Å². The zero-order valence-corrected chi connectivity index (χ0v) is 21.1. The summed E-state index contributed by atoms with van der Waals surface area (Å²) in [4.78, 5) is 19.2. The van der Waals surface area contributed by atoms with Gasteiger partial charge in [-0.1, -0.05) is 6.07 Å². The first-order valence-electron chi connectivity index (χ1n) is 12.7. The molecule has 4 aromatic rings. The second kappa shape index (κ2) is 9.18. The molecule has 0 amide bonds. The van der Waals surface area contributed by atoms with Crippen LogP contribution in [0.1, 0.15) is 25.8 Å². The molecule has 2 aliphatic heterocycles. The molecule has 2 saturated heterocycles. The standard InChI is InChI=1S/C26H33N9O/c1-17-15-34(10-9-32(17)2)22-6-4-5-20-24(22)33(3)26(31-20)23-25(27)28-14-21(30-23)18-13-29-35(16-18)19-7-11-36-12-8-19/h4-6,13-14,16-17,19H,7-12,15H2,1-3H3,(H2,27,28)/t17-/m0/s1. The van der Waals surface area contributed by atoms with Gasteiger partial charge in [-0.2, -0.15) is 5.10 Å². The zero-order chi connectivity index (χ0) is 24.8. The first kappa shape index (κ1) is 22.9. The van der Waals surface area contributed by atoms with Gasteiger partial charge in [0.25, 0.3) is 0 Å². The van der Waals surface area contributed by atoms with Gasteiger partial charge in [0, 0.05) is 57.7 Å². The number of anilines is 2. The van der Waals surface area contributed by atoms with E-state index in [4.69, 9.17) is 20.4 Å². The number of fused-ring (bicyclic) bond motifs is 1. The van der Waals surface area contributed by atoms with Crippen LogP contribution >= 0.6 is 0 Å². The number of imidazole rings is 1. The number of hydrogen-bond acceptors (Lipinski definition) is 8. The van der Waals surface area contributed by atoms with Gasteiger partial charge in [0.15, 0.2) is 11.6 Å². The lowest BCUT2D eigenvalue weighted by Crippen LogP contribution is -2.50. The predicted molar refractivity (Wildman–Crippen MR) is 141 cm³/mol. The Balaban J connectivity index is 1.37. The van der Waals surface area contributed by atoms with Crippen molar-refractivity contribution in [2.45, 2.75) is 31.8 Å². The third-order valence-electron chi connectivity index (χ3n) is 7.65. The average Bonchev–Trinajstić information content (AvgIpc) is 3.52. The van der Waals surface area contributed by atoms with Crippen molar-refractivity contribution in [3.8, 4) is 22.8 Å². The number of nitrogen functional groups attached to an aromatic ring is 1. The van der Waals surface area contributed by atoms with E-state index in [1.165, 1.54) is 5.69 Å². The van der Waals surface area contributed by atoms with Crippen LogP contribution in [0.3, 0.4) is 0 Å². The smallest absolute Gasteiger partial charge is 0.163 e. The summed E-state index contributed by atoms with van der Waals surface area (Å²) in [5.41, 5.74) is 11.8. The molecule has 10 nitrogen and oxygen atoms in total. The molecule has 1 aromatic carbocycles. The maximum Gasteiger partial charge on any atom is 0.163 e. The number of ether oxygens (including phenoxy) is 1. The highest BCUT2D eigenvalue weighted by atomic mass is 16.5. The molecule has 0 unspecified atom stereocenters. The Labute approximate surface area is 210 Å². The fourth-order valence-electron chi connectivity index (χ4n) is 5.30. The van der Waals surface area contributed by atoms with E-state index in [2.05, 4.69) is 50.6 Å². The molecule has 0 spiro atoms. The molecule has 2 fully saturated rings. The summed E-state index contributed by atoms with van der Waals surface area (Å²) in [6, 6.07) is 7.15. The molecule has 0 bridgehead atoms. The van der Waals surface area contributed by atoms with Gasteiger partial charge < -0.3 is 24.8 Å².